The summed E-state index contributed by atoms with van der Waals surface area (Å²) in [5.41, 5.74) is 5.37. The Bertz CT molecular complexity index is 738. The summed E-state index contributed by atoms with van der Waals surface area (Å²) in [6, 6.07) is 4.16. The van der Waals surface area contributed by atoms with Gasteiger partial charge in [0, 0.05) is 19.6 Å². The van der Waals surface area contributed by atoms with Crippen molar-refractivity contribution < 1.29 is 13.9 Å². The summed E-state index contributed by atoms with van der Waals surface area (Å²) >= 11 is 0. The van der Waals surface area contributed by atoms with Crippen molar-refractivity contribution in [1.29, 1.82) is 0 Å². The highest BCUT2D eigenvalue weighted by molar-refractivity contribution is 6.01. The molecule has 0 saturated heterocycles. The molecule has 4 nitrogen and oxygen atoms in total. The van der Waals surface area contributed by atoms with Crippen molar-refractivity contribution in [3.05, 3.63) is 59.2 Å². The third-order valence-electron chi connectivity index (χ3n) is 4.54. The van der Waals surface area contributed by atoms with E-state index in [1.54, 1.807) is 13.2 Å². The fraction of sp³-hybridized carbons (Fsp3) is 0.381. The molecule has 2 aliphatic rings. The van der Waals surface area contributed by atoms with E-state index in [2.05, 4.69) is 24.0 Å². The lowest BCUT2D eigenvalue weighted by Gasteiger charge is -2.16. The normalized spacial score (nSPS) is 16.5. The number of carbonyl (C=O) groups is 1. The molecule has 1 amide bonds. The molecule has 2 heterocycles. The molecule has 0 aliphatic carbocycles. The van der Waals surface area contributed by atoms with Crippen molar-refractivity contribution in [3.8, 4) is 5.75 Å². The number of hydrogen-bond donors (Lipinski definition) is 1. The van der Waals surface area contributed by atoms with Gasteiger partial charge in [0.25, 0.3) is 5.91 Å². The number of rotatable bonds is 5. The molecule has 26 heavy (non-hydrogen) atoms. The third kappa shape index (κ3) is 4.22. The van der Waals surface area contributed by atoms with Crippen LogP contribution in [0.25, 0.3) is 5.57 Å². The number of halogens is 1. The van der Waals surface area contributed by atoms with Gasteiger partial charge in [0.15, 0.2) is 0 Å². The van der Waals surface area contributed by atoms with Crippen LogP contribution in [0.5, 0.6) is 5.75 Å². The molecule has 1 aromatic rings. The molecule has 3 rings (SSSR count). The van der Waals surface area contributed by atoms with E-state index in [0.717, 1.165) is 30.6 Å². The maximum Gasteiger partial charge on any atom is 0.258 e. The molecule has 0 aromatic heterocycles. The van der Waals surface area contributed by atoms with Gasteiger partial charge in [0.2, 0.25) is 0 Å². The summed E-state index contributed by atoms with van der Waals surface area (Å²) in [5.74, 6) is 0.726. The average Bonchev–Trinajstić information content (AvgIpc) is 2.99. The Morgan fingerprint density at radius 3 is 2.81 bits per heavy atom. The highest BCUT2D eigenvalue weighted by Crippen LogP contribution is 2.35. The molecule has 0 spiro atoms. The van der Waals surface area contributed by atoms with E-state index in [1.807, 2.05) is 24.0 Å². The highest BCUT2D eigenvalue weighted by atomic mass is 19.1. The molecule has 0 fully saturated rings. The predicted octanol–water partition coefficient (Wildman–Crippen LogP) is 3.75. The number of allylic oxidation sites excluding steroid dienone is 2. The Balaban J connectivity index is 0.00000117. The van der Waals surface area contributed by atoms with Gasteiger partial charge in [-0.1, -0.05) is 30.4 Å². The number of carbonyl (C=O) groups excluding carboxylic acids is 1. The van der Waals surface area contributed by atoms with Crippen molar-refractivity contribution >= 4 is 11.5 Å². The number of nitrogens with zero attached hydrogens (tertiary/aromatic N) is 1. The van der Waals surface area contributed by atoms with Crippen LogP contribution in [-0.2, 0) is 6.54 Å². The molecule has 140 valence electrons. The minimum atomic E-state index is 0.0458. The Kier molecular flexibility index (Phi) is 7.16. The van der Waals surface area contributed by atoms with Crippen molar-refractivity contribution in [2.45, 2.75) is 19.9 Å². The summed E-state index contributed by atoms with van der Waals surface area (Å²) < 4.78 is 15.0. The van der Waals surface area contributed by atoms with E-state index in [-0.39, 0.29) is 5.91 Å². The minimum absolute atomic E-state index is 0.0458. The first-order valence-electron chi connectivity index (χ1n) is 8.70. The second-order valence-electron chi connectivity index (χ2n) is 6.31. The fourth-order valence-electron chi connectivity index (χ4n) is 3.39. The van der Waals surface area contributed by atoms with Crippen LogP contribution in [0.1, 0.15) is 34.8 Å². The number of alkyl halides is 1. The Hall–Kier alpha value is -2.40. The largest absolute Gasteiger partial charge is 0.496 e. The SMILES string of the molecule is C=C/C=C(\C)CN1Cc2cc(C3=CCNCC3)cc(OC)c2C1=O.CF. The predicted molar refractivity (Wildman–Crippen MR) is 104 cm³/mol. The van der Waals surface area contributed by atoms with Crippen LogP contribution < -0.4 is 10.1 Å². The van der Waals surface area contributed by atoms with E-state index in [0.29, 0.717) is 31.6 Å². The van der Waals surface area contributed by atoms with Crippen LogP contribution >= 0.6 is 0 Å². The summed E-state index contributed by atoms with van der Waals surface area (Å²) in [5, 5.41) is 3.33. The monoisotopic (exact) mass is 358 g/mol. The van der Waals surface area contributed by atoms with Gasteiger partial charge in [-0.25, -0.2) is 0 Å². The highest BCUT2D eigenvalue weighted by Gasteiger charge is 2.31. The van der Waals surface area contributed by atoms with Crippen molar-refractivity contribution in [2.24, 2.45) is 0 Å². The van der Waals surface area contributed by atoms with E-state index >= 15 is 0 Å². The molecule has 0 unspecified atom stereocenters. The smallest absolute Gasteiger partial charge is 0.258 e. The average molecular weight is 358 g/mol. The van der Waals surface area contributed by atoms with Crippen LogP contribution in [0.3, 0.4) is 0 Å². The maximum atomic E-state index is 12.8. The van der Waals surface area contributed by atoms with Gasteiger partial charge in [-0.3, -0.25) is 9.18 Å². The van der Waals surface area contributed by atoms with Crippen molar-refractivity contribution in [2.75, 3.05) is 33.9 Å². The molecule has 2 aliphatic heterocycles. The molecular formula is C21H27FN2O2. The number of ether oxygens (including phenoxy) is 1. The van der Waals surface area contributed by atoms with Crippen LogP contribution in [0, 0.1) is 0 Å². The molecule has 0 atom stereocenters. The molecule has 5 heteroatoms. The molecule has 0 bridgehead atoms. The lowest BCUT2D eigenvalue weighted by Crippen LogP contribution is -2.25. The number of hydrogen-bond acceptors (Lipinski definition) is 3. The number of nitrogens with one attached hydrogen (secondary N) is 1. The number of fused-ring (bicyclic) bond motifs is 1. The van der Waals surface area contributed by atoms with Gasteiger partial charge >= 0.3 is 0 Å². The third-order valence-corrected chi connectivity index (χ3v) is 4.54. The number of amides is 1. The van der Waals surface area contributed by atoms with Gasteiger partial charge < -0.3 is 15.0 Å². The topological polar surface area (TPSA) is 41.6 Å². The van der Waals surface area contributed by atoms with Crippen LogP contribution in [0.2, 0.25) is 0 Å². The van der Waals surface area contributed by atoms with E-state index in [1.165, 1.54) is 11.1 Å². The van der Waals surface area contributed by atoms with Crippen molar-refractivity contribution in [1.82, 2.24) is 10.2 Å². The molecular weight excluding hydrogens is 331 g/mol. The van der Waals surface area contributed by atoms with Crippen LogP contribution in [-0.4, -0.2) is 44.7 Å². The van der Waals surface area contributed by atoms with Crippen LogP contribution in [0.15, 0.2) is 42.5 Å². The summed E-state index contributed by atoms with van der Waals surface area (Å²) in [6.07, 6.45) is 6.92. The molecule has 0 saturated carbocycles. The van der Waals surface area contributed by atoms with Gasteiger partial charge in [-0.05, 0) is 48.7 Å². The second kappa shape index (κ2) is 9.34. The Labute approximate surface area is 155 Å². The molecule has 0 radical (unpaired) electrons. The van der Waals surface area contributed by atoms with Gasteiger partial charge in [-0.2, -0.15) is 0 Å². The zero-order chi connectivity index (χ0) is 19.1. The maximum absolute atomic E-state index is 12.8. The first-order chi connectivity index (χ1) is 12.6. The van der Waals surface area contributed by atoms with E-state index in [9.17, 15) is 9.18 Å². The lowest BCUT2D eigenvalue weighted by atomic mass is 9.96. The van der Waals surface area contributed by atoms with Gasteiger partial charge in [-0.15, -0.1) is 0 Å². The first kappa shape index (κ1) is 19.9. The van der Waals surface area contributed by atoms with E-state index in [4.69, 9.17) is 4.74 Å². The summed E-state index contributed by atoms with van der Waals surface area (Å²) in [6.45, 7) is 8.86. The standard InChI is InChI=1S/C20H24N2O2.CH3F/c1-4-5-14(2)12-22-13-17-10-16(15-6-8-21-9-7-15)11-18(24-3)19(17)20(22)23;1-2/h4-6,10-11,21H,1,7-9,12-13H2,2-3H3;1H3/b14-5+;. The first-order valence-corrected chi connectivity index (χ1v) is 8.70. The van der Waals surface area contributed by atoms with Gasteiger partial charge in [0.1, 0.15) is 5.75 Å². The quantitative estimate of drug-likeness (QED) is 0.815. The molecule has 1 N–H and O–H groups in total. The summed E-state index contributed by atoms with van der Waals surface area (Å²) in [7, 11) is 2.13. The fourth-order valence-corrected chi connectivity index (χ4v) is 3.39. The van der Waals surface area contributed by atoms with Crippen molar-refractivity contribution in [3.63, 3.8) is 0 Å². The Morgan fingerprint density at radius 2 is 2.19 bits per heavy atom. The zero-order valence-electron chi connectivity index (χ0n) is 15.8. The Morgan fingerprint density at radius 1 is 1.42 bits per heavy atom. The minimum Gasteiger partial charge on any atom is -0.496 e. The number of methoxy groups -OCH3 is 1. The lowest BCUT2D eigenvalue weighted by molar-refractivity contribution is 0.0790. The van der Waals surface area contributed by atoms with E-state index < -0.39 is 0 Å². The second-order valence-corrected chi connectivity index (χ2v) is 6.31. The number of benzene rings is 1. The molecule has 1 aromatic carbocycles. The van der Waals surface area contributed by atoms with Crippen LogP contribution in [0.4, 0.5) is 4.39 Å². The van der Waals surface area contributed by atoms with Gasteiger partial charge in [0.05, 0.1) is 19.9 Å². The summed E-state index contributed by atoms with van der Waals surface area (Å²) in [4.78, 5) is 14.6. The zero-order valence-corrected chi connectivity index (χ0v) is 15.8.